The third-order valence-electron chi connectivity index (χ3n) is 5.26. The molecule has 0 atom stereocenters. The fraction of sp³-hybridized carbons (Fsp3) is 0.435. The molecule has 2 aromatic carbocycles. The molecule has 1 amide bonds. The zero-order chi connectivity index (χ0) is 20.4. The lowest BCUT2D eigenvalue weighted by Gasteiger charge is -2.32. The van der Waals surface area contributed by atoms with Crippen molar-refractivity contribution in [2.24, 2.45) is 5.92 Å². The molecule has 4 rings (SSSR count). The second kappa shape index (κ2) is 8.46. The van der Waals surface area contributed by atoms with Crippen LogP contribution in [0.2, 0.25) is 0 Å². The number of carbonyl (C=O) groups is 1. The van der Waals surface area contributed by atoms with E-state index < -0.39 is 5.79 Å². The smallest absolute Gasteiger partial charge is 0.292 e. The molecule has 5 nitrogen and oxygen atoms in total. The molecular formula is C23H26BrNO4. The van der Waals surface area contributed by atoms with Gasteiger partial charge in [0.2, 0.25) is 0 Å². The molecule has 0 saturated carbocycles. The Hall–Kier alpha value is -1.89. The van der Waals surface area contributed by atoms with Gasteiger partial charge in [0, 0.05) is 10.0 Å². The maximum Gasteiger partial charge on any atom is 0.292 e. The van der Waals surface area contributed by atoms with E-state index in [2.05, 4.69) is 29.8 Å². The summed E-state index contributed by atoms with van der Waals surface area (Å²) in [7, 11) is 0. The topological polar surface area (TPSA) is 48.0 Å². The highest BCUT2D eigenvalue weighted by Crippen LogP contribution is 2.46. The van der Waals surface area contributed by atoms with E-state index in [0.717, 1.165) is 39.9 Å². The molecular weight excluding hydrogens is 434 g/mol. The van der Waals surface area contributed by atoms with Crippen LogP contribution in [0, 0.1) is 5.92 Å². The maximum absolute atomic E-state index is 13.4. The predicted molar refractivity (Wildman–Crippen MR) is 115 cm³/mol. The molecule has 1 fully saturated rings. The van der Waals surface area contributed by atoms with Gasteiger partial charge in [-0.3, -0.25) is 4.79 Å². The summed E-state index contributed by atoms with van der Waals surface area (Å²) < 4.78 is 18.5. The van der Waals surface area contributed by atoms with Crippen LogP contribution in [-0.2, 0) is 26.6 Å². The van der Waals surface area contributed by atoms with Crippen LogP contribution in [0.1, 0.15) is 37.8 Å². The summed E-state index contributed by atoms with van der Waals surface area (Å²) in [6.45, 7) is 6.54. The number of nitrogens with zero attached hydrogens (tertiary/aromatic N) is 1. The molecule has 154 valence electrons. The predicted octanol–water partition coefficient (Wildman–Crippen LogP) is 5.01. The van der Waals surface area contributed by atoms with Crippen molar-refractivity contribution in [2.45, 2.75) is 39.0 Å². The van der Waals surface area contributed by atoms with Gasteiger partial charge in [-0.2, -0.15) is 0 Å². The third-order valence-corrected chi connectivity index (χ3v) is 5.75. The van der Waals surface area contributed by atoms with Crippen LogP contribution in [0.15, 0.2) is 46.9 Å². The highest BCUT2D eigenvalue weighted by Gasteiger charge is 2.54. The summed E-state index contributed by atoms with van der Waals surface area (Å²) in [5.74, 6) is -0.0198. The molecule has 2 aliphatic rings. The Bertz CT molecular complexity index is 875. The van der Waals surface area contributed by atoms with Crippen LogP contribution in [-0.4, -0.2) is 25.7 Å². The van der Waals surface area contributed by atoms with Gasteiger partial charge in [0.15, 0.2) is 0 Å². The summed E-state index contributed by atoms with van der Waals surface area (Å²) in [6, 6.07) is 13.7. The fourth-order valence-electron chi connectivity index (χ4n) is 3.66. The van der Waals surface area contributed by atoms with Gasteiger partial charge in [-0.05, 0) is 54.7 Å². The molecule has 6 heteroatoms. The van der Waals surface area contributed by atoms with Crippen molar-refractivity contribution in [3.05, 3.63) is 58.1 Å². The Balaban J connectivity index is 1.54. The van der Waals surface area contributed by atoms with Crippen LogP contribution < -0.4 is 9.64 Å². The lowest BCUT2D eigenvalue weighted by atomic mass is 10.1. The Morgan fingerprint density at radius 3 is 2.55 bits per heavy atom. The van der Waals surface area contributed by atoms with Crippen molar-refractivity contribution in [3.8, 4) is 5.75 Å². The van der Waals surface area contributed by atoms with Crippen LogP contribution in [0.3, 0.4) is 0 Å². The highest BCUT2D eigenvalue weighted by molar-refractivity contribution is 9.10. The van der Waals surface area contributed by atoms with Gasteiger partial charge in [0.1, 0.15) is 5.75 Å². The van der Waals surface area contributed by atoms with E-state index in [4.69, 9.17) is 14.2 Å². The van der Waals surface area contributed by atoms with E-state index in [1.807, 2.05) is 42.5 Å². The van der Waals surface area contributed by atoms with E-state index in [1.54, 1.807) is 4.90 Å². The Kier molecular flexibility index (Phi) is 5.95. The molecule has 29 heavy (non-hydrogen) atoms. The van der Waals surface area contributed by atoms with Crippen molar-refractivity contribution in [2.75, 3.05) is 24.7 Å². The average Bonchev–Trinajstić information content (AvgIpc) is 2.92. The number of carbonyl (C=O) groups excluding carboxylic acids is 1. The first-order valence-electron chi connectivity index (χ1n) is 10.1. The number of anilines is 1. The van der Waals surface area contributed by atoms with Crippen LogP contribution >= 0.6 is 15.9 Å². The lowest BCUT2D eigenvalue weighted by Crippen LogP contribution is -2.47. The molecule has 0 aliphatic carbocycles. The van der Waals surface area contributed by atoms with E-state index in [-0.39, 0.29) is 5.91 Å². The normalized spacial score (nSPS) is 17.8. The molecule has 2 heterocycles. The minimum absolute atomic E-state index is 0.164. The fourth-order valence-corrected chi connectivity index (χ4v) is 4.03. The molecule has 2 aromatic rings. The number of amides is 1. The first-order valence-corrected chi connectivity index (χ1v) is 10.9. The Morgan fingerprint density at radius 2 is 1.86 bits per heavy atom. The minimum Gasteiger partial charge on any atom is -0.494 e. The molecule has 0 bridgehead atoms. The Morgan fingerprint density at radius 1 is 1.14 bits per heavy atom. The number of halogens is 1. The lowest BCUT2D eigenvalue weighted by molar-refractivity contribution is -0.256. The van der Waals surface area contributed by atoms with E-state index in [0.29, 0.717) is 32.3 Å². The maximum atomic E-state index is 13.4. The monoisotopic (exact) mass is 459 g/mol. The molecule has 0 aromatic heterocycles. The van der Waals surface area contributed by atoms with Crippen molar-refractivity contribution in [3.63, 3.8) is 0 Å². The molecule has 0 radical (unpaired) electrons. The molecule has 1 spiro atoms. The summed E-state index contributed by atoms with van der Waals surface area (Å²) in [5.41, 5.74) is 2.62. The van der Waals surface area contributed by atoms with Crippen LogP contribution in [0.4, 0.5) is 5.69 Å². The van der Waals surface area contributed by atoms with Crippen LogP contribution in [0.25, 0.3) is 0 Å². The second-order valence-corrected chi connectivity index (χ2v) is 8.81. The summed E-state index contributed by atoms with van der Waals surface area (Å²) in [6.07, 6.45) is 1.81. The first-order chi connectivity index (χ1) is 14.0. The van der Waals surface area contributed by atoms with Crippen molar-refractivity contribution in [1.29, 1.82) is 0 Å². The molecule has 1 saturated heterocycles. The van der Waals surface area contributed by atoms with Crippen molar-refractivity contribution in [1.82, 2.24) is 0 Å². The standard InChI is InChI=1S/C23H26BrNO4/c1-16(2)10-13-27-19-7-4-17(5-8-19)15-25-21-9-6-18(24)14-20(21)23(22(25)26)28-11-3-12-29-23/h4-9,14,16H,3,10-13,15H2,1-2H3. The summed E-state index contributed by atoms with van der Waals surface area (Å²) >= 11 is 3.50. The zero-order valence-corrected chi connectivity index (χ0v) is 18.4. The zero-order valence-electron chi connectivity index (χ0n) is 16.8. The molecule has 2 aliphatic heterocycles. The van der Waals surface area contributed by atoms with Gasteiger partial charge in [-0.1, -0.05) is 41.9 Å². The van der Waals surface area contributed by atoms with E-state index in [9.17, 15) is 4.79 Å². The van der Waals surface area contributed by atoms with Gasteiger partial charge < -0.3 is 19.1 Å². The van der Waals surface area contributed by atoms with Gasteiger partial charge in [-0.25, -0.2) is 0 Å². The van der Waals surface area contributed by atoms with E-state index in [1.165, 1.54) is 0 Å². The van der Waals surface area contributed by atoms with E-state index >= 15 is 0 Å². The SMILES string of the molecule is CC(C)CCOc1ccc(CN2C(=O)C3(OCCCO3)c3cc(Br)ccc32)cc1. The Labute approximate surface area is 180 Å². The summed E-state index contributed by atoms with van der Waals surface area (Å²) in [5, 5.41) is 0. The number of benzene rings is 2. The minimum atomic E-state index is -1.32. The highest BCUT2D eigenvalue weighted by atomic mass is 79.9. The largest absolute Gasteiger partial charge is 0.494 e. The van der Waals surface area contributed by atoms with Gasteiger partial charge >= 0.3 is 0 Å². The third kappa shape index (κ3) is 4.06. The van der Waals surface area contributed by atoms with Gasteiger partial charge in [0.25, 0.3) is 11.7 Å². The van der Waals surface area contributed by atoms with Crippen molar-refractivity contribution >= 4 is 27.5 Å². The molecule has 0 unspecified atom stereocenters. The first kappa shape index (κ1) is 20.4. The van der Waals surface area contributed by atoms with Crippen LogP contribution in [0.5, 0.6) is 5.75 Å². The van der Waals surface area contributed by atoms with Crippen molar-refractivity contribution < 1.29 is 19.0 Å². The van der Waals surface area contributed by atoms with Gasteiger partial charge in [0.05, 0.1) is 32.1 Å². The number of ether oxygens (including phenoxy) is 3. The number of hydrogen-bond acceptors (Lipinski definition) is 4. The second-order valence-electron chi connectivity index (χ2n) is 7.89. The number of hydrogen-bond donors (Lipinski definition) is 0. The average molecular weight is 460 g/mol. The quantitative estimate of drug-likeness (QED) is 0.608. The number of fused-ring (bicyclic) bond motifs is 2. The van der Waals surface area contributed by atoms with Gasteiger partial charge in [-0.15, -0.1) is 0 Å². The molecule has 0 N–H and O–H groups in total. The number of rotatable bonds is 6. The summed E-state index contributed by atoms with van der Waals surface area (Å²) in [4.78, 5) is 15.1.